The summed E-state index contributed by atoms with van der Waals surface area (Å²) >= 11 is 1.85. The average molecular weight is 359 g/mol. The highest BCUT2D eigenvalue weighted by Crippen LogP contribution is 2.35. The molecule has 0 bridgehead atoms. The maximum Gasteiger partial charge on any atom is 0.239 e. The minimum Gasteiger partial charge on any atom is -0.310 e. The molecule has 1 fully saturated rings. The van der Waals surface area contributed by atoms with Crippen LogP contribution < -0.4 is 5.32 Å². The van der Waals surface area contributed by atoms with Gasteiger partial charge in [-0.15, -0.1) is 11.3 Å². The second-order valence-electron chi connectivity index (χ2n) is 7.09. The number of hydrogen-bond acceptors (Lipinski definition) is 4. The molecule has 1 N–H and O–H groups in total. The van der Waals surface area contributed by atoms with Gasteiger partial charge in [-0.05, 0) is 42.7 Å². The Hall–Kier alpha value is -1.66. The van der Waals surface area contributed by atoms with Crippen molar-refractivity contribution in [2.24, 2.45) is 0 Å². The molecule has 1 atom stereocenters. The van der Waals surface area contributed by atoms with Gasteiger partial charge in [0.25, 0.3) is 0 Å². The van der Waals surface area contributed by atoms with Crippen molar-refractivity contribution in [2.75, 3.05) is 18.4 Å². The number of aromatic nitrogens is 2. The number of thiophene rings is 1. The number of nitrogens with zero attached hydrogens (tertiary/aromatic N) is 3. The number of nitrogens with one attached hydrogen (secondary N) is 1. The average Bonchev–Trinajstić information content (AvgIpc) is 3.35. The third kappa shape index (κ3) is 3.37. The molecule has 2 aromatic heterocycles. The predicted octanol–water partition coefficient (Wildman–Crippen LogP) is 4.01. The molecular weight excluding hydrogens is 332 g/mol. The predicted molar refractivity (Wildman–Crippen MR) is 101 cm³/mol. The Morgan fingerprint density at radius 2 is 2.20 bits per heavy atom. The fourth-order valence-electron chi connectivity index (χ4n) is 4.34. The van der Waals surface area contributed by atoms with Gasteiger partial charge in [0.2, 0.25) is 5.91 Å². The molecule has 25 heavy (non-hydrogen) atoms. The summed E-state index contributed by atoms with van der Waals surface area (Å²) in [4.78, 5) is 16.5. The Bertz CT molecular complexity index is 731. The minimum absolute atomic E-state index is 0.0666. The zero-order valence-electron chi connectivity index (χ0n) is 14.8. The van der Waals surface area contributed by atoms with Crippen LogP contribution in [0.4, 0.5) is 5.82 Å². The van der Waals surface area contributed by atoms with Crippen LogP contribution in [-0.4, -0.2) is 33.7 Å². The van der Waals surface area contributed by atoms with Crippen LogP contribution in [0, 0.1) is 0 Å². The summed E-state index contributed by atoms with van der Waals surface area (Å²) < 4.78 is 2.01. The topological polar surface area (TPSA) is 50.2 Å². The number of carbonyl (C=O) groups excluding carboxylic acids is 1. The number of hydrogen-bond donors (Lipinski definition) is 1. The minimum atomic E-state index is 0.0666. The van der Waals surface area contributed by atoms with Gasteiger partial charge < -0.3 is 5.32 Å². The molecule has 1 aliphatic heterocycles. The van der Waals surface area contributed by atoms with Crippen molar-refractivity contribution >= 4 is 23.1 Å². The maximum absolute atomic E-state index is 12.7. The van der Waals surface area contributed by atoms with Crippen molar-refractivity contribution < 1.29 is 4.79 Å². The van der Waals surface area contributed by atoms with E-state index in [1.54, 1.807) is 6.20 Å². The van der Waals surface area contributed by atoms with E-state index in [1.807, 2.05) is 22.1 Å². The summed E-state index contributed by atoms with van der Waals surface area (Å²) in [5, 5.41) is 9.72. The molecule has 6 heteroatoms. The van der Waals surface area contributed by atoms with Crippen LogP contribution in [0.5, 0.6) is 0 Å². The van der Waals surface area contributed by atoms with Crippen molar-refractivity contribution in [3.8, 4) is 0 Å². The molecule has 2 aliphatic rings. The van der Waals surface area contributed by atoms with Crippen molar-refractivity contribution in [3.63, 3.8) is 0 Å². The fourth-order valence-corrected chi connectivity index (χ4v) is 5.26. The van der Waals surface area contributed by atoms with E-state index in [4.69, 9.17) is 0 Å². The third-order valence-corrected chi connectivity index (χ3v) is 6.54. The van der Waals surface area contributed by atoms with Gasteiger partial charge in [0.15, 0.2) is 0 Å². The maximum atomic E-state index is 12.7. The lowest BCUT2D eigenvalue weighted by Gasteiger charge is -2.34. The molecule has 3 heterocycles. The molecule has 5 nitrogen and oxygen atoms in total. The van der Waals surface area contributed by atoms with E-state index in [9.17, 15) is 4.79 Å². The highest BCUT2D eigenvalue weighted by molar-refractivity contribution is 7.10. The zero-order chi connectivity index (χ0) is 17.2. The Morgan fingerprint density at radius 1 is 1.36 bits per heavy atom. The molecule has 1 unspecified atom stereocenters. The Kier molecular flexibility index (Phi) is 4.90. The van der Waals surface area contributed by atoms with Crippen LogP contribution in [0.15, 0.2) is 23.7 Å². The monoisotopic (exact) mass is 358 g/mol. The third-order valence-electron chi connectivity index (χ3n) is 5.55. The SMILES string of the molecule is CCC1c2ccsc2CCN1CC(=O)Nc1ccnn1C1CCCC1. The summed E-state index contributed by atoms with van der Waals surface area (Å²) in [5.74, 6) is 0.912. The standard InChI is InChI=1S/C19H26N4OS/c1-2-16-15-9-12-25-17(15)8-11-22(16)13-19(24)21-18-7-10-20-23(18)14-5-3-4-6-14/h7,9-10,12,14,16H,2-6,8,11,13H2,1H3,(H,21,24). The van der Waals surface area contributed by atoms with Crippen LogP contribution in [0.3, 0.4) is 0 Å². The molecule has 134 valence electrons. The molecule has 0 radical (unpaired) electrons. The van der Waals surface area contributed by atoms with Crippen molar-refractivity contribution in [1.82, 2.24) is 14.7 Å². The summed E-state index contributed by atoms with van der Waals surface area (Å²) in [7, 11) is 0. The molecular formula is C19H26N4OS. The summed E-state index contributed by atoms with van der Waals surface area (Å²) in [6.07, 6.45) is 8.72. The summed E-state index contributed by atoms with van der Waals surface area (Å²) in [6, 6.07) is 4.95. The van der Waals surface area contributed by atoms with Crippen molar-refractivity contribution in [2.45, 2.75) is 57.5 Å². The van der Waals surface area contributed by atoms with Crippen LogP contribution in [0.2, 0.25) is 0 Å². The Labute approximate surface area is 153 Å². The van der Waals surface area contributed by atoms with Gasteiger partial charge in [0.05, 0.1) is 18.8 Å². The van der Waals surface area contributed by atoms with Crippen LogP contribution in [0.1, 0.15) is 61.6 Å². The molecule has 1 amide bonds. The lowest BCUT2D eigenvalue weighted by atomic mass is 9.98. The lowest BCUT2D eigenvalue weighted by Crippen LogP contribution is -2.40. The molecule has 1 aliphatic carbocycles. The second-order valence-corrected chi connectivity index (χ2v) is 8.09. The lowest BCUT2D eigenvalue weighted by molar-refractivity contribution is -0.118. The number of anilines is 1. The van der Waals surface area contributed by atoms with E-state index in [1.165, 1.54) is 23.3 Å². The molecule has 0 spiro atoms. The van der Waals surface area contributed by atoms with Gasteiger partial charge >= 0.3 is 0 Å². The normalized spacial score (nSPS) is 21.4. The Morgan fingerprint density at radius 3 is 3.00 bits per heavy atom. The zero-order valence-corrected chi connectivity index (χ0v) is 15.6. The van der Waals surface area contributed by atoms with E-state index in [0.717, 1.165) is 38.0 Å². The van der Waals surface area contributed by atoms with Gasteiger partial charge in [0.1, 0.15) is 5.82 Å². The van der Waals surface area contributed by atoms with Crippen molar-refractivity contribution in [3.05, 3.63) is 34.2 Å². The largest absolute Gasteiger partial charge is 0.310 e. The smallest absolute Gasteiger partial charge is 0.239 e. The number of amides is 1. The first kappa shape index (κ1) is 16.8. The van der Waals surface area contributed by atoms with Gasteiger partial charge in [-0.3, -0.25) is 9.69 Å². The molecule has 0 saturated heterocycles. The van der Waals surface area contributed by atoms with Gasteiger partial charge in [-0.2, -0.15) is 5.10 Å². The van der Waals surface area contributed by atoms with E-state index in [-0.39, 0.29) is 5.91 Å². The first-order valence-corrected chi connectivity index (χ1v) is 10.3. The fraction of sp³-hybridized carbons (Fsp3) is 0.579. The van der Waals surface area contributed by atoms with Crippen LogP contribution in [0.25, 0.3) is 0 Å². The first-order valence-electron chi connectivity index (χ1n) is 9.40. The van der Waals surface area contributed by atoms with E-state index in [2.05, 4.69) is 33.7 Å². The molecule has 4 rings (SSSR count). The van der Waals surface area contributed by atoms with E-state index < -0.39 is 0 Å². The molecule has 0 aromatic carbocycles. The van der Waals surface area contributed by atoms with Crippen LogP contribution >= 0.6 is 11.3 Å². The quantitative estimate of drug-likeness (QED) is 0.879. The second kappa shape index (κ2) is 7.30. The first-order chi connectivity index (χ1) is 12.3. The van der Waals surface area contributed by atoms with Crippen LogP contribution in [-0.2, 0) is 11.2 Å². The number of carbonyl (C=O) groups is 1. The van der Waals surface area contributed by atoms with Crippen molar-refractivity contribution in [1.29, 1.82) is 0 Å². The Balaban J connectivity index is 1.42. The molecule has 2 aromatic rings. The van der Waals surface area contributed by atoms with E-state index in [0.29, 0.717) is 18.6 Å². The highest BCUT2D eigenvalue weighted by atomic mass is 32.1. The molecule has 1 saturated carbocycles. The van der Waals surface area contributed by atoms with Gasteiger partial charge in [-0.25, -0.2) is 4.68 Å². The highest BCUT2D eigenvalue weighted by Gasteiger charge is 2.28. The summed E-state index contributed by atoms with van der Waals surface area (Å²) in [5.41, 5.74) is 1.42. The van der Waals surface area contributed by atoms with E-state index >= 15 is 0 Å². The van der Waals surface area contributed by atoms with Gasteiger partial charge in [-0.1, -0.05) is 19.8 Å². The number of fused-ring (bicyclic) bond motifs is 1. The summed E-state index contributed by atoms with van der Waals surface area (Å²) in [6.45, 7) is 3.61. The number of rotatable bonds is 5. The van der Waals surface area contributed by atoms with Gasteiger partial charge in [0, 0.05) is 23.5 Å².